The predicted octanol–water partition coefficient (Wildman–Crippen LogP) is 4.05. The molecular formula is C14H11BrF2N2O. The standard InChI is InChI=1S/C14H11BrF2N2O/c15-10-5-2-1-4-9(10)8-18-14(20)19-13-11(16)6-3-7-12(13)17/h1-7H,8H2,(H2,18,19,20). The van der Waals surface area contributed by atoms with Crippen LogP contribution in [-0.4, -0.2) is 6.03 Å². The number of para-hydroxylation sites is 1. The van der Waals surface area contributed by atoms with Crippen LogP contribution in [0.5, 0.6) is 0 Å². The molecule has 0 aliphatic carbocycles. The van der Waals surface area contributed by atoms with E-state index in [0.29, 0.717) is 0 Å². The maximum Gasteiger partial charge on any atom is 0.319 e. The van der Waals surface area contributed by atoms with E-state index in [0.717, 1.165) is 22.2 Å². The lowest BCUT2D eigenvalue weighted by atomic mass is 10.2. The molecule has 0 radical (unpaired) electrons. The number of nitrogens with one attached hydrogen (secondary N) is 2. The summed E-state index contributed by atoms with van der Waals surface area (Å²) in [4.78, 5) is 11.6. The first-order chi connectivity index (χ1) is 9.58. The van der Waals surface area contributed by atoms with Crippen molar-refractivity contribution in [2.75, 3.05) is 5.32 Å². The van der Waals surface area contributed by atoms with Crippen molar-refractivity contribution in [3.8, 4) is 0 Å². The Morgan fingerprint density at radius 2 is 1.70 bits per heavy atom. The van der Waals surface area contributed by atoms with Crippen molar-refractivity contribution >= 4 is 27.6 Å². The van der Waals surface area contributed by atoms with Crippen LogP contribution in [0.4, 0.5) is 19.3 Å². The first-order valence-electron chi connectivity index (χ1n) is 5.80. The molecular weight excluding hydrogens is 330 g/mol. The Morgan fingerprint density at radius 1 is 1.05 bits per heavy atom. The first kappa shape index (κ1) is 14.5. The fraction of sp³-hybridized carbons (Fsp3) is 0.0714. The molecule has 0 fully saturated rings. The fourth-order valence-electron chi connectivity index (χ4n) is 1.59. The molecule has 20 heavy (non-hydrogen) atoms. The summed E-state index contributed by atoms with van der Waals surface area (Å²) >= 11 is 3.34. The number of carbonyl (C=O) groups is 1. The van der Waals surface area contributed by atoms with Crippen LogP contribution >= 0.6 is 15.9 Å². The van der Waals surface area contributed by atoms with E-state index in [9.17, 15) is 13.6 Å². The lowest BCUT2D eigenvalue weighted by Crippen LogP contribution is -2.29. The molecule has 0 saturated carbocycles. The average molecular weight is 341 g/mol. The van der Waals surface area contributed by atoms with Crippen LogP contribution in [0.15, 0.2) is 46.9 Å². The molecule has 2 rings (SSSR count). The normalized spacial score (nSPS) is 10.2. The lowest BCUT2D eigenvalue weighted by Gasteiger charge is -2.10. The SMILES string of the molecule is O=C(NCc1ccccc1Br)Nc1c(F)cccc1F. The van der Waals surface area contributed by atoms with Gasteiger partial charge in [0.25, 0.3) is 0 Å². The summed E-state index contributed by atoms with van der Waals surface area (Å²) in [6.07, 6.45) is 0. The molecule has 0 unspecified atom stereocenters. The lowest BCUT2D eigenvalue weighted by molar-refractivity contribution is 0.251. The van der Waals surface area contributed by atoms with Gasteiger partial charge in [0.15, 0.2) is 0 Å². The van der Waals surface area contributed by atoms with Crippen LogP contribution in [0.25, 0.3) is 0 Å². The highest BCUT2D eigenvalue weighted by Crippen LogP contribution is 2.18. The number of urea groups is 1. The van der Waals surface area contributed by atoms with Crippen LogP contribution in [0.1, 0.15) is 5.56 Å². The van der Waals surface area contributed by atoms with Crippen LogP contribution < -0.4 is 10.6 Å². The van der Waals surface area contributed by atoms with E-state index >= 15 is 0 Å². The number of benzene rings is 2. The average Bonchev–Trinajstić information content (AvgIpc) is 2.42. The largest absolute Gasteiger partial charge is 0.334 e. The molecule has 2 N–H and O–H groups in total. The molecule has 0 spiro atoms. The van der Waals surface area contributed by atoms with Crippen LogP contribution in [0.3, 0.4) is 0 Å². The molecule has 0 saturated heterocycles. The number of anilines is 1. The number of halogens is 3. The Balaban J connectivity index is 1.98. The maximum atomic E-state index is 13.3. The third kappa shape index (κ3) is 3.54. The number of carbonyl (C=O) groups excluding carboxylic acids is 1. The minimum absolute atomic E-state index is 0.239. The van der Waals surface area contributed by atoms with Crippen LogP contribution in [0.2, 0.25) is 0 Å². The smallest absolute Gasteiger partial charge is 0.319 e. The van der Waals surface area contributed by atoms with Crippen molar-refractivity contribution < 1.29 is 13.6 Å². The molecule has 0 aliphatic rings. The molecule has 2 amide bonds. The van der Waals surface area contributed by atoms with E-state index in [4.69, 9.17) is 0 Å². The van der Waals surface area contributed by atoms with E-state index in [-0.39, 0.29) is 6.54 Å². The van der Waals surface area contributed by atoms with Gasteiger partial charge in [0.1, 0.15) is 17.3 Å². The summed E-state index contributed by atoms with van der Waals surface area (Å²) in [7, 11) is 0. The maximum absolute atomic E-state index is 13.3. The van der Waals surface area contributed by atoms with Crippen molar-refractivity contribution in [1.82, 2.24) is 5.32 Å². The van der Waals surface area contributed by atoms with Gasteiger partial charge in [-0.3, -0.25) is 0 Å². The van der Waals surface area contributed by atoms with Crippen molar-refractivity contribution in [3.63, 3.8) is 0 Å². The molecule has 3 nitrogen and oxygen atoms in total. The second-order valence-corrected chi connectivity index (χ2v) is 4.85. The predicted molar refractivity (Wildman–Crippen MR) is 76.4 cm³/mol. The molecule has 0 aromatic heterocycles. The molecule has 2 aromatic rings. The van der Waals surface area contributed by atoms with Crippen LogP contribution in [-0.2, 0) is 6.54 Å². The minimum atomic E-state index is -0.818. The summed E-state index contributed by atoms with van der Waals surface area (Å²) in [5.74, 6) is -1.64. The van der Waals surface area contributed by atoms with Crippen molar-refractivity contribution in [2.45, 2.75) is 6.54 Å². The summed E-state index contributed by atoms with van der Waals surface area (Å²) in [6.45, 7) is 0.239. The fourth-order valence-corrected chi connectivity index (χ4v) is 2.02. The third-order valence-electron chi connectivity index (χ3n) is 2.60. The van der Waals surface area contributed by atoms with E-state index in [1.165, 1.54) is 6.07 Å². The molecule has 104 valence electrons. The van der Waals surface area contributed by atoms with Gasteiger partial charge in [0, 0.05) is 11.0 Å². The summed E-state index contributed by atoms with van der Waals surface area (Å²) in [6, 6.07) is 10.1. The Bertz CT molecular complexity index is 614. The van der Waals surface area contributed by atoms with Gasteiger partial charge in [0.2, 0.25) is 0 Å². The van der Waals surface area contributed by atoms with Gasteiger partial charge in [-0.2, -0.15) is 0 Å². The van der Waals surface area contributed by atoms with Gasteiger partial charge in [0.05, 0.1) is 0 Å². The summed E-state index contributed by atoms with van der Waals surface area (Å²) in [5, 5.41) is 4.68. The zero-order valence-electron chi connectivity index (χ0n) is 10.3. The van der Waals surface area contributed by atoms with E-state index in [1.54, 1.807) is 0 Å². The molecule has 0 bridgehead atoms. The quantitative estimate of drug-likeness (QED) is 0.869. The first-order valence-corrected chi connectivity index (χ1v) is 6.59. The zero-order valence-corrected chi connectivity index (χ0v) is 11.9. The highest BCUT2D eigenvalue weighted by atomic mass is 79.9. The van der Waals surface area contributed by atoms with Gasteiger partial charge in [-0.1, -0.05) is 40.2 Å². The summed E-state index contributed by atoms with van der Waals surface area (Å²) in [5.41, 5.74) is 0.397. The second-order valence-electron chi connectivity index (χ2n) is 4.00. The van der Waals surface area contributed by atoms with E-state index in [1.807, 2.05) is 24.3 Å². The number of hydrogen-bond donors (Lipinski definition) is 2. The van der Waals surface area contributed by atoms with E-state index < -0.39 is 23.4 Å². The highest BCUT2D eigenvalue weighted by molar-refractivity contribution is 9.10. The topological polar surface area (TPSA) is 41.1 Å². The monoisotopic (exact) mass is 340 g/mol. The van der Waals surface area contributed by atoms with Crippen molar-refractivity contribution in [1.29, 1.82) is 0 Å². The highest BCUT2D eigenvalue weighted by Gasteiger charge is 2.11. The van der Waals surface area contributed by atoms with Gasteiger partial charge in [-0.05, 0) is 23.8 Å². The number of amides is 2. The number of rotatable bonds is 3. The van der Waals surface area contributed by atoms with Gasteiger partial charge >= 0.3 is 6.03 Å². The molecule has 0 atom stereocenters. The second kappa shape index (κ2) is 6.47. The van der Waals surface area contributed by atoms with Gasteiger partial charge in [-0.25, -0.2) is 13.6 Å². The number of hydrogen-bond acceptors (Lipinski definition) is 1. The van der Waals surface area contributed by atoms with Gasteiger partial charge < -0.3 is 10.6 Å². The molecule has 2 aromatic carbocycles. The van der Waals surface area contributed by atoms with Gasteiger partial charge in [-0.15, -0.1) is 0 Å². The Labute approximate surface area is 123 Å². The van der Waals surface area contributed by atoms with Crippen molar-refractivity contribution in [2.24, 2.45) is 0 Å². The molecule has 0 heterocycles. The third-order valence-corrected chi connectivity index (χ3v) is 3.37. The van der Waals surface area contributed by atoms with Crippen molar-refractivity contribution in [3.05, 3.63) is 64.1 Å². The molecule has 6 heteroatoms. The van der Waals surface area contributed by atoms with Crippen LogP contribution in [0, 0.1) is 11.6 Å². The minimum Gasteiger partial charge on any atom is -0.334 e. The summed E-state index contributed by atoms with van der Waals surface area (Å²) < 4.78 is 27.5. The Hall–Kier alpha value is -1.95. The Morgan fingerprint density at radius 3 is 2.35 bits per heavy atom. The van der Waals surface area contributed by atoms with E-state index in [2.05, 4.69) is 26.6 Å². The zero-order chi connectivity index (χ0) is 14.5. The molecule has 0 aliphatic heterocycles. The Kier molecular flexibility index (Phi) is 4.68.